The normalized spacial score (nSPS) is 10.2. The molecular formula is C14H15FO3. The predicted octanol–water partition coefficient (Wildman–Crippen LogP) is 2.51. The number of ketones is 3. The Hall–Kier alpha value is -1.84. The van der Waals surface area contributed by atoms with Crippen LogP contribution in [0.25, 0.3) is 0 Å². The Morgan fingerprint density at radius 1 is 1.11 bits per heavy atom. The second-order valence-electron chi connectivity index (χ2n) is 3.96. The van der Waals surface area contributed by atoms with Gasteiger partial charge < -0.3 is 0 Å². The van der Waals surface area contributed by atoms with Crippen molar-refractivity contribution in [1.29, 1.82) is 0 Å². The Morgan fingerprint density at radius 2 is 1.78 bits per heavy atom. The highest BCUT2D eigenvalue weighted by atomic mass is 19.1. The lowest BCUT2D eigenvalue weighted by Gasteiger charge is -2.04. The molecular weight excluding hydrogens is 235 g/mol. The molecule has 96 valence electrons. The Bertz CT molecular complexity index is 492. The molecule has 0 saturated heterocycles. The van der Waals surface area contributed by atoms with E-state index in [-0.39, 0.29) is 17.8 Å². The van der Waals surface area contributed by atoms with E-state index in [9.17, 15) is 18.8 Å². The SMILES string of the molecule is CCC(=O)C(=O)CC(=O)c1ccc(F)c(CC)c1. The lowest BCUT2D eigenvalue weighted by Crippen LogP contribution is -2.17. The molecule has 0 bridgehead atoms. The molecule has 0 unspecified atom stereocenters. The Kier molecular flexibility index (Phi) is 4.89. The lowest BCUT2D eigenvalue weighted by atomic mass is 10.0. The van der Waals surface area contributed by atoms with Crippen molar-refractivity contribution in [2.45, 2.75) is 33.1 Å². The number of rotatable bonds is 6. The number of Topliss-reactive ketones (excluding diaryl/α,β-unsaturated/α-hetero) is 3. The van der Waals surface area contributed by atoms with Crippen LogP contribution in [-0.4, -0.2) is 17.3 Å². The number of aryl methyl sites for hydroxylation is 1. The minimum absolute atomic E-state index is 0.0930. The van der Waals surface area contributed by atoms with E-state index < -0.39 is 23.8 Å². The maximum atomic E-state index is 13.2. The van der Waals surface area contributed by atoms with Gasteiger partial charge in [-0.1, -0.05) is 13.8 Å². The highest BCUT2D eigenvalue weighted by molar-refractivity contribution is 6.41. The smallest absolute Gasteiger partial charge is 0.206 e. The van der Waals surface area contributed by atoms with Gasteiger partial charge in [0, 0.05) is 12.0 Å². The minimum Gasteiger partial charge on any atom is -0.294 e. The van der Waals surface area contributed by atoms with E-state index >= 15 is 0 Å². The van der Waals surface area contributed by atoms with E-state index in [0.29, 0.717) is 12.0 Å². The van der Waals surface area contributed by atoms with Crippen LogP contribution in [0.1, 0.15) is 42.6 Å². The monoisotopic (exact) mass is 250 g/mol. The van der Waals surface area contributed by atoms with E-state index in [0.717, 1.165) is 0 Å². The molecule has 0 aliphatic rings. The van der Waals surface area contributed by atoms with Crippen LogP contribution in [0.5, 0.6) is 0 Å². The topological polar surface area (TPSA) is 51.2 Å². The molecule has 0 saturated carbocycles. The number of benzene rings is 1. The van der Waals surface area contributed by atoms with Crippen LogP contribution < -0.4 is 0 Å². The quantitative estimate of drug-likeness (QED) is 0.443. The van der Waals surface area contributed by atoms with Gasteiger partial charge in [-0.05, 0) is 30.2 Å². The van der Waals surface area contributed by atoms with Gasteiger partial charge in [-0.25, -0.2) is 4.39 Å². The number of hydrogen-bond acceptors (Lipinski definition) is 3. The zero-order valence-corrected chi connectivity index (χ0v) is 10.5. The van der Waals surface area contributed by atoms with Crippen molar-refractivity contribution in [1.82, 2.24) is 0 Å². The standard InChI is InChI=1S/C14H15FO3/c1-3-9-7-10(5-6-11(9)15)13(17)8-14(18)12(16)4-2/h5-7H,3-4,8H2,1-2H3. The van der Waals surface area contributed by atoms with Crippen LogP contribution in [0, 0.1) is 5.82 Å². The summed E-state index contributed by atoms with van der Waals surface area (Å²) < 4.78 is 13.2. The minimum atomic E-state index is -0.690. The molecule has 0 aliphatic heterocycles. The van der Waals surface area contributed by atoms with Crippen LogP contribution in [0.2, 0.25) is 0 Å². The van der Waals surface area contributed by atoms with Crippen LogP contribution in [0.3, 0.4) is 0 Å². The third-order valence-electron chi connectivity index (χ3n) is 2.70. The third kappa shape index (κ3) is 3.32. The first-order chi connectivity index (χ1) is 8.49. The molecule has 1 aromatic carbocycles. The van der Waals surface area contributed by atoms with Crippen molar-refractivity contribution in [2.75, 3.05) is 0 Å². The second-order valence-corrected chi connectivity index (χ2v) is 3.96. The van der Waals surface area contributed by atoms with Crippen LogP contribution in [0.15, 0.2) is 18.2 Å². The van der Waals surface area contributed by atoms with Crippen molar-refractivity contribution in [3.05, 3.63) is 35.1 Å². The highest BCUT2D eigenvalue weighted by Crippen LogP contribution is 2.13. The number of hydrogen-bond donors (Lipinski definition) is 0. The summed E-state index contributed by atoms with van der Waals surface area (Å²) in [5.41, 5.74) is 0.695. The lowest BCUT2D eigenvalue weighted by molar-refractivity contribution is -0.135. The fraction of sp³-hybridized carbons (Fsp3) is 0.357. The summed E-state index contributed by atoms with van der Waals surface area (Å²) in [6.07, 6.45) is 0.117. The summed E-state index contributed by atoms with van der Waals surface area (Å²) in [6, 6.07) is 3.97. The molecule has 1 aromatic rings. The van der Waals surface area contributed by atoms with Gasteiger partial charge in [-0.15, -0.1) is 0 Å². The first kappa shape index (κ1) is 14.2. The molecule has 0 aromatic heterocycles. The summed E-state index contributed by atoms with van der Waals surface area (Å²) in [7, 11) is 0. The van der Waals surface area contributed by atoms with E-state index in [2.05, 4.69) is 0 Å². The van der Waals surface area contributed by atoms with Gasteiger partial charge in [-0.3, -0.25) is 14.4 Å². The number of halogens is 1. The van der Waals surface area contributed by atoms with E-state index in [4.69, 9.17) is 0 Å². The van der Waals surface area contributed by atoms with Crippen LogP contribution in [0.4, 0.5) is 4.39 Å². The van der Waals surface area contributed by atoms with Gasteiger partial charge in [0.2, 0.25) is 5.78 Å². The molecule has 0 heterocycles. The summed E-state index contributed by atoms with van der Waals surface area (Å²) in [5, 5.41) is 0. The Balaban J connectivity index is 2.85. The third-order valence-corrected chi connectivity index (χ3v) is 2.70. The molecule has 0 atom stereocenters. The van der Waals surface area contributed by atoms with Gasteiger partial charge in [0.25, 0.3) is 0 Å². The van der Waals surface area contributed by atoms with Crippen molar-refractivity contribution in [3.63, 3.8) is 0 Å². The fourth-order valence-corrected chi connectivity index (χ4v) is 1.56. The first-order valence-electron chi connectivity index (χ1n) is 5.87. The predicted molar refractivity (Wildman–Crippen MR) is 65.0 cm³/mol. The molecule has 0 amide bonds. The molecule has 0 fully saturated rings. The maximum Gasteiger partial charge on any atom is 0.206 e. The van der Waals surface area contributed by atoms with Gasteiger partial charge in [0.15, 0.2) is 11.6 Å². The van der Waals surface area contributed by atoms with Crippen molar-refractivity contribution < 1.29 is 18.8 Å². The summed E-state index contributed by atoms with van der Waals surface area (Å²) in [6.45, 7) is 3.34. The molecule has 0 radical (unpaired) electrons. The van der Waals surface area contributed by atoms with Gasteiger partial charge >= 0.3 is 0 Å². The van der Waals surface area contributed by atoms with E-state index in [1.54, 1.807) is 13.8 Å². The summed E-state index contributed by atoms with van der Waals surface area (Å²) in [5.74, 6) is -2.06. The number of carbonyl (C=O) groups is 3. The maximum absolute atomic E-state index is 13.2. The zero-order valence-electron chi connectivity index (χ0n) is 10.5. The molecule has 0 aliphatic carbocycles. The highest BCUT2D eigenvalue weighted by Gasteiger charge is 2.17. The van der Waals surface area contributed by atoms with E-state index in [1.807, 2.05) is 0 Å². The van der Waals surface area contributed by atoms with E-state index in [1.165, 1.54) is 18.2 Å². The Morgan fingerprint density at radius 3 is 2.33 bits per heavy atom. The average Bonchev–Trinajstić information content (AvgIpc) is 2.37. The largest absolute Gasteiger partial charge is 0.294 e. The number of carbonyl (C=O) groups excluding carboxylic acids is 3. The van der Waals surface area contributed by atoms with Crippen molar-refractivity contribution >= 4 is 17.3 Å². The van der Waals surface area contributed by atoms with Crippen LogP contribution in [-0.2, 0) is 16.0 Å². The van der Waals surface area contributed by atoms with Gasteiger partial charge in [0.05, 0.1) is 6.42 Å². The molecule has 18 heavy (non-hydrogen) atoms. The first-order valence-corrected chi connectivity index (χ1v) is 5.87. The molecule has 0 spiro atoms. The average molecular weight is 250 g/mol. The van der Waals surface area contributed by atoms with Gasteiger partial charge in [0.1, 0.15) is 5.82 Å². The summed E-state index contributed by atoms with van der Waals surface area (Å²) in [4.78, 5) is 34.2. The van der Waals surface area contributed by atoms with Crippen molar-refractivity contribution in [3.8, 4) is 0 Å². The molecule has 0 N–H and O–H groups in total. The molecule has 4 heteroatoms. The van der Waals surface area contributed by atoms with Crippen molar-refractivity contribution in [2.24, 2.45) is 0 Å². The summed E-state index contributed by atoms with van der Waals surface area (Å²) >= 11 is 0. The van der Waals surface area contributed by atoms with Gasteiger partial charge in [-0.2, -0.15) is 0 Å². The van der Waals surface area contributed by atoms with Crippen LogP contribution >= 0.6 is 0 Å². The Labute approximate surface area is 105 Å². The molecule has 1 rings (SSSR count). The second kappa shape index (κ2) is 6.19. The zero-order chi connectivity index (χ0) is 13.7. The molecule has 3 nitrogen and oxygen atoms in total. The fourth-order valence-electron chi connectivity index (χ4n) is 1.56.